The molecule has 3 heteroatoms. The number of cyclic esters (lactones) is 2. The van der Waals surface area contributed by atoms with E-state index in [1.54, 1.807) is 0 Å². The minimum absolute atomic E-state index is 0.382. The normalized spacial score (nSPS) is 32.8. The van der Waals surface area contributed by atoms with Crippen LogP contribution in [0.25, 0.3) is 10.8 Å². The molecule has 3 aromatic carbocycles. The first-order chi connectivity index (χ1) is 13.0. The van der Waals surface area contributed by atoms with Gasteiger partial charge >= 0.3 is 11.9 Å². The summed E-state index contributed by atoms with van der Waals surface area (Å²) in [6, 6.07) is 20.8. The molecule has 1 fully saturated rings. The summed E-state index contributed by atoms with van der Waals surface area (Å²) in [7, 11) is 0. The van der Waals surface area contributed by atoms with E-state index >= 15 is 0 Å². The van der Waals surface area contributed by atoms with Gasteiger partial charge in [-0.05, 0) is 33.0 Å². The van der Waals surface area contributed by atoms with E-state index in [-0.39, 0.29) is 11.9 Å². The zero-order chi connectivity index (χ0) is 18.6. The van der Waals surface area contributed by atoms with Crippen molar-refractivity contribution in [3.63, 3.8) is 0 Å². The molecule has 0 amide bonds. The number of hydrogen-bond acceptors (Lipinski definition) is 3. The predicted molar refractivity (Wildman–Crippen MR) is 101 cm³/mol. The van der Waals surface area contributed by atoms with Gasteiger partial charge in [-0.2, -0.15) is 0 Å². The number of hydrogen-bond donors (Lipinski definition) is 0. The van der Waals surface area contributed by atoms with Crippen molar-refractivity contribution in [1.29, 1.82) is 0 Å². The van der Waals surface area contributed by atoms with Gasteiger partial charge in [-0.3, -0.25) is 9.59 Å². The number of carbonyl (C=O) groups excluding carboxylic acids is 2. The Morgan fingerprint density at radius 2 is 1.30 bits per heavy atom. The number of rotatable bonds is 0. The summed E-state index contributed by atoms with van der Waals surface area (Å²) in [5.41, 5.74) is 3.46. The lowest BCUT2D eigenvalue weighted by Gasteiger charge is -2.57. The summed E-state index contributed by atoms with van der Waals surface area (Å²) in [6.45, 7) is 4.23. The number of fused-ring (bicyclic) bond motifs is 1. The molecule has 3 aromatic rings. The Morgan fingerprint density at radius 3 is 2.04 bits per heavy atom. The first kappa shape index (κ1) is 15.2. The summed E-state index contributed by atoms with van der Waals surface area (Å²) >= 11 is 0. The molecule has 3 aliphatic carbocycles. The van der Waals surface area contributed by atoms with E-state index < -0.39 is 22.7 Å². The van der Waals surface area contributed by atoms with Crippen LogP contribution in [0.15, 0.2) is 60.7 Å². The first-order valence-electron chi connectivity index (χ1n) is 9.37. The van der Waals surface area contributed by atoms with Crippen molar-refractivity contribution in [2.45, 2.75) is 24.7 Å². The summed E-state index contributed by atoms with van der Waals surface area (Å²) in [5.74, 6) is -1.72. The van der Waals surface area contributed by atoms with Gasteiger partial charge in [0.25, 0.3) is 0 Å². The molecular formula is C24H18O3. The van der Waals surface area contributed by atoms with Crippen LogP contribution in [-0.4, -0.2) is 11.9 Å². The van der Waals surface area contributed by atoms with Crippen LogP contribution in [0.3, 0.4) is 0 Å². The van der Waals surface area contributed by atoms with Crippen molar-refractivity contribution in [2.75, 3.05) is 0 Å². The van der Waals surface area contributed by atoms with Gasteiger partial charge < -0.3 is 4.74 Å². The lowest BCUT2D eigenvalue weighted by molar-refractivity contribution is -0.154. The maximum absolute atomic E-state index is 12.9. The molecule has 132 valence electrons. The average Bonchev–Trinajstić information content (AvgIpc) is 3.00. The molecule has 4 aliphatic rings. The molecule has 0 saturated carbocycles. The molecule has 1 aliphatic heterocycles. The second-order valence-corrected chi connectivity index (χ2v) is 8.36. The van der Waals surface area contributed by atoms with Gasteiger partial charge in [0, 0.05) is 10.8 Å². The molecular weight excluding hydrogens is 336 g/mol. The second-order valence-electron chi connectivity index (χ2n) is 8.36. The molecule has 0 unspecified atom stereocenters. The lowest BCUT2D eigenvalue weighted by Crippen LogP contribution is -2.59. The first-order valence-corrected chi connectivity index (χ1v) is 9.37. The number of ether oxygens (including phenoxy) is 1. The Hall–Kier alpha value is -2.94. The molecule has 1 saturated heterocycles. The van der Waals surface area contributed by atoms with Crippen molar-refractivity contribution in [3.05, 3.63) is 82.9 Å². The molecule has 0 spiro atoms. The van der Waals surface area contributed by atoms with Crippen LogP contribution in [0, 0.1) is 11.8 Å². The molecule has 27 heavy (non-hydrogen) atoms. The minimum Gasteiger partial charge on any atom is -0.393 e. The summed E-state index contributed by atoms with van der Waals surface area (Å²) in [5, 5.41) is 2.31. The van der Waals surface area contributed by atoms with Crippen LogP contribution >= 0.6 is 0 Å². The van der Waals surface area contributed by atoms with E-state index in [4.69, 9.17) is 4.74 Å². The van der Waals surface area contributed by atoms with E-state index in [0.29, 0.717) is 0 Å². The van der Waals surface area contributed by atoms with Crippen LogP contribution in [0.1, 0.15) is 36.1 Å². The van der Waals surface area contributed by atoms with Crippen molar-refractivity contribution < 1.29 is 14.3 Å². The molecule has 4 atom stereocenters. The molecule has 2 bridgehead atoms. The van der Waals surface area contributed by atoms with Gasteiger partial charge in [0.1, 0.15) is 0 Å². The minimum atomic E-state index is -0.585. The van der Waals surface area contributed by atoms with Crippen molar-refractivity contribution in [2.24, 2.45) is 11.8 Å². The maximum Gasteiger partial charge on any atom is 0.318 e. The highest BCUT2D eigenvalue weighted by atomic mass is 16.6. The fourth-order valence-electron chi connectivity index (χ4n) is 6.23. The van der Waals surface area contributed by atoms with Crippen molar-refractivity contribution in [1.82, 2.24) is 0 Å². The standard InChI is InChI=1S/C24H18O3/c1-23-15-9-5-6-10-16(15)24(2,20-19(23)21(25)27-22(20)26)18-14-8-4-3-7-13(14)11-12-17(18)23/h3-12,19-20H,1-2H3/t19-,20-,23-,24+/m1/s1. The van der Waals surface area contributed by atoms with Crippen molar-refractivity contribution in [3.8, 4) is 0 Å². The van der Waals surface area contributed by atoms with Gasteiger partial charge in [0.05, 0.1) is 11.8 Å². The van der Waals surface area contributed by atoms with Gasteiger partial charge in [-0.25, -0.2) is 0 Å². The Labute approximate surface area is 157 Å². The highest BCUT2D eigenvalue weighted by Gasteiger charge is 2.70. The highest BCUT2D eigenvalue weighted by Crippen LogP contribution is 2.66. The van der Waals surface area contributed by atoms with E-state index in [1.807, 2.05) is 24.3 Å². The SMILES string of the molecule is C[C@@]12c3ccccc3[C@@](C)(c3c1ccc1ccccc31)[C@H]1C(=O)OC(=O)[C@@H]12. The molecule has 3 nitrogen and oxygen atoms in total. The zero-order valence-corrected chi connectivity index (χ0v) is 15.2. The number of benzene rings is 3. The Kier molecular flexibility index (Phi) is 2.51. The topological polar surface area (TPSA) is 43.4 Å². The summed E-state index contributed by atoms with van der Waals surface area (Å²) in [4.78, 5) is 25.7. The molecule has 7 rings (SSSR count). The Morgan fingerprint density at radius 1 is 0.704 bits per heavy atom. The number of esters is 2. The fourth-order valence-corrected chi connectivity index (χ4v) is 6.23. The van der Waals surface area contributed by atoms with Crippen LogP contribution in [0.4, 0.5) is 0 Å². The monoisotopic (exact) mass is 354 g/mol. The Balaban J connectivity index is 1.86. The molecule has 1 heterocycles. The zero-order valence-electron chi connectivity index (χ0n) is 15.2. The predicted octanol–water partition coefficient (Wildman–Crippen LogP) is 4.09. The maximum atomic E-state index is 12.9. The quantitative estimate of drug-likeness (QED) is 0.451. The Bertz CT molecular complexity index is 1190. The van der Waals surface area contributed by atoms with E-state index in [0.717, 1.165) is 27.5 Å². The summed E-state index contributed by atoms with van der Waals surface area (Å²) in [6.07, 6.45) is 0. The smallest absolute Gasteiger partial charge is 0.318 e. The third-order valence-corrected chi connectivity index (χ3v) is 7.34. The average molecular weight is 354 g/mol. The summed E-state index contributed by atoms with van der Waals surface area (Å²) < 4.78 is 5.22. The molecule has 0 aromatic heterocycles. The van der Waals surface area contributed by atoms with Gasteiger partial charge in [-0.15, -0.1) is 0 Å². The largest absolute Gasteiger partial charge is 0.393 e. The van der Waals surface area contributed by atoms with E-state index in [2.05, 4.69) is 50.2 Å². The second kappa shape index (κ2) is 4.48. The van der Waals surface area contributed by atoms with Crippen molar-refractivity contribution >= 4 is 22.7 Å². The van der Waals surface area contributed by atoms with Gasteiger partial charge in [0.2, 0.25) is 0 Å². The van der Waals surface area contributed by atoms with E-state index in [9.17, 15) is 9.59 Å². The lowest BCUT2D eigenvalue weighted by atomic mass is 9.42. The third kappa shape index (κ3) is 1.45. The molecule has 0 N–H and O–H groups in total. The highest BCUT2D eigenvalue weighted by molar-refractivity contribution is 6.03. The third-order valence-electron chi connectivity index (χ3n) is 7.34. The number of carbonyl (C=O) groups is 2. The van der Waals surface area contributed by atoms with Crippen LogP contribution in [-0.2, 0) is 25.2 Å². The van der Waals surface area contributed by atoms with Gasteiger partial charge in [0.15, 0.2) is 0 Å². The van der Waals surface area contributed by atoms with Crippen LogP contribution in [0.2, 0.25) is 0 Å². The van der Waals surface area contributed by atoms with Crippen LogP contribution < -0.4 is 0 Å². The van der Waals surface area contributed by atoms with E-state index in [1.165, 1.54) is 5.56 Å². The fraction of sp³-hybridized carbons (Fsp3) is 0.250. The van der Waals surface area contributed by atoms with Crippen LogP contribution in [0.5, 0.6) is 0 Å². The molecule has 0 radical (unpaired) electrons. The van der Waals surface area contributed by atoms with Gasteiger partial charge in [-0.1, -0.05) is 74.5 Å².